The van der Waals surface area contributed by atoms with Crippen LogP contribution in [0.5, 0.6) is 0 Å². The van der Waals surface area contributed by atoms with E-state index in [1.807, 2.05) is 6.92 Å². The molecule has 1 aliphatic rings. The zero-order chi connectivity index (χ0) is 16.3. The van der Waals surface area contributed by atoms with E-state index in [0.717, 1.165) is 57.6 Å². The fourth-order valence-electron chi connectivity index (χ4n) is 3.24. The van der Waals surface area contributed by atoms with Crippen molar-refractivity contribution in [1.29, 1.82) is 0 Å². The molecule has 0 atom stereocenters. The summed E-state index contributed by atoms with van der Waals surface area (Å²) >= 11 is 0. The van der Waals surface area contributed by atoms with Crippen LogP contribution in [-0.2, 0) is 4.74 Å². The second kappa shape index (κ2) is 13.3. The van der Waals surface area contributed by atoms with Gasteiger partial charge in [0.2, 0.25) is 0 Å². The van der Waals surface area contributed by atoms with Gasteiger partial charge >= 0.3 is 0 Å². The van der Waals surface area contributed by atoms with Crippen LogP contribution in [0.2, 0.25) is 0 Å². The monoisotopic (exact) mass is 439 g/mol. The fraction of sp³-hybridized carbons (Fsp3) is 0.944. The van der Waals surface area contributed by atoms with Gasteiger partial charge in [-0.3, -0.25) is 4.99 Å². The predicted octanol–water partition coefficient (Wildman–Crippen LogP) is 4.19. The topological polar surface area (TPSA) is 45.7 Å². The zero-order valence-electron chi connectivity index (χ0n) is 15.6. The van der Waals surface area contributed by atoms with E-state index in [4.69, 9.17) is 9.73 Å². The molecule has 0 aromatic heterocycles. The maximum atomic E-state index is 5.37. The smallest absolute Gasteiger partial charge is 0.191 e. The number of ether oxygens (including phenoxy) is 1. The number of guanidine groups is 1. The van der Waals surface area contributed by atoms with Crippen molar-refractivity contribution in [1.82, 2.24) is 10.6 Å². The van der Waals surface area contributed by atoms with Crippen molar-refractivity contribution in [3.05, 3.63) is 0 Å². The summed E-state index contributed by atoms with van der Waals surface area (Å²) in [6.45, 7) is 13.4. The molecule has 1 rings (SSSR count). The molecule has 0 saturated heterocycles. The van der Waals surface area contributed by atoms with E-state index in [2.05, 4.69) is 31.4 Å². The van der Waals surface area contributed by atoms with Gasteiger partial charge in [-0.2, -0.15) is 0 Å². The van der Waals surface area contributed by atoms with E-state index in [9.17, 15) is 0 Å². The molecule has 0 amide bonds. The number of hydrogen-bond acceptors (Lipinski definition) is 2. The summed E-state index contributed by atoms with van der Waals surface area (Å²) in [5.74, 6) is 1.75. The van der Waals surface area contributed by atoms with Crippen molar-refractivity contribution in [3.63, 3.8) is 0 Å². The minimum atomic E-state index is 0. The van der Waals surface area contributed by atoms with Crippen LogP contribution in [0.25, 0.3) is 0 Å². The average molecular weight is 439 g/mol. The normalized spacial score (nSPS) is 16.7. The van der Waals surface area contributed by atoms with Gasteiger partial charge in [-0.05, 0) is 57.3 Å². The minimum Gasteiger partial charge on any atom is -0.382 e. The third kappa shape index (κ3) is 9.75. The molecule has 0 aromatic rings. The number of unbranched alkanes of at least 4 members (excludes halogenated alkanes) is 1. The van der Waals surface area contributed by atoms with Crippen LogP contribution in [0.4, 0.5) is 0 Å². The Morgan fingerprint density at radius 2 is 1.91 bits per heavy atom. The van der Waals surface area contributed by atoms with E-state index >= 15 is 0 Å². The first-order chi connectivity index (χ1) is 10.6. The number of nitrogens with zero attached hydrogens (tertiary/aromatic N) is 1. The number of halogens is 1. The Kier molecular flexibility index (Phi) is 13.3. The summed E-state index contributed by atoms with van der Waals surface area (Å²) < 4.78 is 5.37. The third-order valence-corrected chi connectivity index (χ3v) is 4.38. The van der Waals surface area contributed by atoms with Crippen molar-refractivity contribution in [2.45, 2.75) is 66.2 Å². The van der Waals surface area contributed by atoms with Crippen molar-refractivity contribution in [3.8, 4) is 0 Å². The Bertz CT molecular complexity index is 317. The molecule has 0 heterocycles. The van der Waals surface area contributed by atoms with Crippen molar-refractivity contribution >= 4 is 29.9 Å². The van der Waals surface area contributed by atoms with E-state index in [-0.39, 0.29) is 24.0 Å². The molecular formula is C18H38IN3O. The van der Waals surface area contributed by atoms with Crippen molar-refractivity contribution < 1.29 is 4.74 Å². The van der Waals surface area contributed by atoms with Gasteiger partial charge in [0, 0.05) is 32.8 Å². The first-order valence-corrected chi connectivity index (χ1v) is 9.22. The Morgan fingerprint density at radius 1 is 1.17 bits per heavy atom. The molecule has 0 unspecified atom stereocenters. The van der Waals surface area contributed by atoms with Gasteiger partial charge < -0.3 is 15.4 Å². The molecule has 1 aliphatic carbocycles. The van der Waals surface area contributed by atoms with E-state index in [1.165, 1.54) is 25.7 Å². The molecule has 138 valence electrons. The number of rotatable bonds is 11. The van der Waals surface area contributed by atoms with E-state index < -0.39 is 0 Å². The molecular weight excluding hydrogens is 401 g/mol. The molecule has 23 heavy (non-hydrogen) atoms. The lowest BCUT2D eigenvalue weighted by Gasteiger charge is -2.42. The SMILES string of the molecule is CCNC(=NCC1(CC(C)C)CCC1)NCCCCOCC.I. The first-order valence-electron chi connectivity index (χ1n) is 9.22. The van der Waals surface area contributed by atoms with Gasteiger partial charge in [-0.15, -0.1) is 24.0 Å². The van der Waals surface area contributed by atoms with Crippen LogP contribution in [0.1, 0.15) is 66.2 Å². The van der Waals surface area contributed by atoms with Crippen LogP contribution >= 0.6 is 24.0 Å². The van der Waals surface area contributed by atoms with E-state index in [1.54, 1.807) is 0 Å². The fourth-order valence-corrected chi connectivity index (χ4v) is 3.24. The highest BCUT2D eigenvalue weighted by molar-refractivity contribution is 14.0. The largest absolute Gasteiger partial charge is 0.382 e. The molecule has 0 spiro atoms. The predicted molar refractivity (Wildman–Crippen MR) is 111 cm³/mol. The van der Waals surface area contributed by atoms with Gasteiger partial charge in [-0.1, -0.05) is 20.3 Å². The molecule has 1 fully saturated rings. The van der Waals surface area contributed by atoms with Crippen molar-refractivity contribution in [2.24, 2.45) is 16.3 Å². The maximum Gasteiger partial charge on any atom is 0.191 e. The summed E-state index contributed by atoms with van der Waals surface area (Å²) in [4.78, 5) is 4.86. The molecule has 0 aromatic carbocycles. The summed E-state index contributed by atoms with van der Waals surface area (Å²) in [5.41, 5.74) is 0.478. The summed E-state index contributed by atoms with van der Waals surface area (Å²) in [6, 6.07) is 0. The first kappa shape index (κ1) is 23.0. The van der Waals surface area contributed by atoms with Gasteiger partial charge in [-0.25, -0.2) is 0 Å². The average Bonchev–Trinajstić information content (AvgIpc) is 2.44. The number of hydrogen-bond donors (Lipinski definition) is 2. The quantitative estimate of drug-likeness (QED) is 0.220. The lowest BCUT2D eigenvalue weighted by molar-refractivity contribution is 0.111. The molecule has 5 heteroatoms. The van der Waals surface area contributed by atoms with Crippen LogP contribution in [0, 0.1) is 11.3 Å². The standard InChI is InChI=1S/C18H37N3O.HI/c1-5-19-17(20-12-7-8-13-22-6-2)21-15-18(10-9-11-18)14-16(3)4;/h16H,5-15H2,1-4H3,(H2,19,20,21);1H. The molecule has 1 saturated carbocycles. The Hall–Kier alpha value is -0.0400. The second-order valence-electron chi connectivity index (χ2n) is 6.98. The molecule has 0 bridgehead atoms. The minimum absolute atomic E-state index is 0. The zero-order valence-corrected chi connectivity index (χ0v) is 17.9. The number of aliphatic imine (C=N–C) groups is 1. The third-order valence-electron chi connectivity index (χ3n) is 4.38. The Morgan fingerprint density at radius 3 is 2.43 bits per heavy atom. The van der Waals surface area contributed by atoms with Gasteiger partial charge in [0.05, 0.1) is 0 Å². The molecule has 0 radical (unpaired) electrons. The van der Waals surface area contributed by atoms with Crippen LogP contribution in [0.15, 0.2) is 4.99 Å². The summed E-state index contributed by atoms with van der Waals surface area (Å²) in [5, 5.41) is 6.82. The van der Waals surface area contributed by atoms with Gasteiger partial charge in [0.1, 0.15) is 0 Å². The number of nitrogens with one attached hydrogen (secondary N) is 2. The van der Waals surface area contributed by atoms with Crippen LogP contribution in [0.3, 0.4) is 0 Å². The van der Waals surface area contributed by atoms with Crippen LogP contribution < -0.4 is 10.6 Å². The van der Waals surface area contributed by atoms with Gasteiger partial charge in [0.15, 0.2) is 5.96 Å². The van der Waals surface area contributed by atoms with Gasteiger partial charge in [0.25, 0.3) is 0 Å². The molecule has 0 aliphatic heterocycles. The Labute approximate surface area is 160 Å². The van der Waals surface area contributed by atoms with Crippen molar-refractivity contribution in [2.75, 3.05) is 32.8 Å². The maximum absolute atomic E-state index is 5.37. The summed E-state index contributed by atoms with van der Waals surface area (Å²) in [6.07, 6.45) is 7.62. The highest BCUT2D eigenvalue weighted by Gasteiger charge is 2.37. The molecule has 4 nitrogen and oxygen atoms in total. The summed E-state index contributed by atoms with van der Waals surface area (Å²) in [7, 11) is 0. The highest BCUT2D eigenvalue weighted by atomic mass is 127. The molecule has 2 N–H and O–H groups in total. The lowest BCUT2D eigenvalue weighted by Crippen LogP contribution is -2.40. The second-order valence-corrected chi connectivity index (χ2v) is 6.98. The Balaban J connectivity index is 0.00000484. The lowest BCUT2D eigenvalue weighted by atomic mass is 9.64. The van der Waals surface area contributed by atoms with Crippen LogP contribution in [-0.4, -0.2) is 38.8 Å². The highest BCUT2D eigenvalue weighted by Crippen LogP contribution is 2.46. The van der Waals surface area contributed by atoms with E-state index in [0.29, 0.717) is 5.41 Å².